The third kappa shape index (κ3) is 4.00. The number of hydrogen-bond acceptors (Lipinski definition) is 5. The van der Waals surface area contributed by atoms with Gasteiger partial charge in [0.1, 0.15) is 5.69 Å². The molecule has 1 aromatic heterocycles. The lowest BCUT2D eigenvalue weighted by Crippen LogP contribution is -2.41. The Balaban J connectivity index is 1.86. The van der Waals surface area contributed by atoms with Gasteiger partial charge in [0.05, 0.1) is 32.1 Å². The average molecular weight is 345 g/mol. The number of nitrogens with zero attached hydrogens (tertiary/aromatic N) is 1. The highest BCUT2D eigenvalue weighted by Gasteiger charge is 2.22. The molecular weight excluding hydrogens is 322 g/mol. The second kappa shape index (κ2) is 7.67. The summed E-state index contributed by atoms with van der Waals surface area (Å²) in [6, 6.07) is 5.79. The normalized spacial score (nSPS) is 15.3. The van der Waals surface area contributed by atoms with Gasteiger partial charge >= 0.3 is 5.97 Å². The maximum atomic E-state index is 12.5. The van der Waals surface area contributed by atoms with Crippen LogP contribution >= 0.6 is 0 Å². The summed E-state index contributed by atoms with van der Waals surface area (Å²) in [6.45, 7) is 6.98. The quantitative estimate of drug-likeness (QED) is 0.809. The van der Waals surface area contributed by atoms with E-state index in [1.807, 2.05) is 30.0 Å². The van der Waals surface area contributed by atoms with Crippen molar-refractivity contribution in [1.29, 1.82) is 0 Å². The number of rotatable bonds is 5. The number of esters is 1. The maximum absolute atomic E-state index is 12.5. The third-order valence-electron chi connectivity index (χ3n) is 4.17. The van der Waals surface area contributed by atoms with Crippen molar-refractivity contribution in [2.45, 2.75) is 13.8 Å². The number of carbonyl (C=O) groups excluding carboxylic acids is 2. The summed E-state index contributed by atoms with van der Waals surface area (Å²) in [5.74, 6) is -0.632. The van der Waals surface area contributed by atoms with Gasteiger partial charge in [-0.05, 0) is 26.0 Å². The van der Waals surface area contributed by atoms with E-state index < -0.39 is 5.97 Å². The summed E-state index contributed by atoms with van der Waals surface area (Å²) in [5, 5.41) is 3.70. The van der Waals surface area contributed by atoms with E-state index in [1.54, 1.807) is 6.92 Å². The molecule has 7 nitrogen and oxygen atoms in total. The largest absolute Gasteiger partial charge is 0.461 e. The van der Waals surface area contributed by atoms with E-state index in [0.717, 1.165) is 29.6 Å². The number of hydrogen-bond donors (Lipinski definition) is 2. The first-order chi connectivity index (χ1) is 12.1. The van der Waals surface area contributed by atoms with E-state index >= 15 is 0 Å². The zero-order valence-corrected chi connectivity index (χ0v) is 14.6. The average Bonchev–Trinajstić information content (AvgIpc) is 2.94. The molecule has 1 saturated heterocycles. The second-order valence-corrected chi connectivity index (χ2v) is 6.08. The maximum Gasteiger partial charge on any atom is 0.356 e. The first kappa shape index (κ1) is 17.4. The molecule has 0 radical (unpaired) electrons. The van der Waals surface area contributed by atoms with Crippen LogP contribution in [-0.2, 0) is 14.3 Å². The number of fused-ring (bicyclic) bond motifs is 1. The van der Waals surface area contributed by atoms with Gasteiger partial charge in [-0.1, -0.05) is 11.6 Å². The van der Waals surface area contributed by atoms with E-state index in [0.29, 0.717) is 18.9 Å². The Morgan fingerprint density at radius 3 is 2.80 bits per heavy atom. The molecule has 2 N–H and O–H groups in total. The fourth-order valence-corrected chi connectivity index (χ4v) is 2.93. The van der Waals surface area contributed by atoms with Crippen LogP contribution in [0.15, 0.2) is 18.2 Å². The Hall–Kier alpha value is -2.38. The third-order valence-corrected chi connectivity index (χ3v) is 4.17. The minimum absolute atomic E-state index is 0.158. The number of morpholine rings is 1. The number of ether oxygens (including phenoxy) is 2. The Morgan fingerprint density at radius 2 is 2.08 bits per heavy atom. The van der Waals surface area contributed by atoms with Crippen LogP contribution in [0.2, 0.25) is 0 Å². The molecule has 0 bridgehead atoms. The lowest BCUT2D eigenvalue weighted by molar-refractivity contribution is -0.118. The highest BCUT2D eigenvalue weighted by Crippen LogP contribution is 2.29. The van der Waals surface area contributed by atoms with Gasteiger partial charge in [-0.15, -0.1) is 0 Å². The topological polar surface area (TPSA) is 83.7 Å². The van der Waals surface area contributed by atoms with Gasteiger partial charge in [0.15, 0.2) is 0 Å². The molecule has 0 unspecified atom stereocenters. The molecule has 3 rings (SSSR count). The first-order valence-electron chi connectivity index (χ1n) is 8.48. The summed E-state index contributed by atoms with van der Waals surface area (Å²) in [6.07, 6.45) is 0. The molecule has 25 heavy (non-hydrogen) atoms. The van der Waals surface area contributed by atoms with Crippen molar-refractivity contribution in [2.24, 2.45) is 0 Å². The van der Waals surface area contributed by atoms with E-state index in [9.17, 15) is 9.59 Å². The van der Waals surface area contributed by atoms with E-state index in [4.69, 9.17) is 9.47 Å². The minimum Gasteiger partial charge on any atom is -0.461 e. The Morgan fingerprint density at radius 1 is 1.32 bits per heavy atom. The summed E-state index contributed by atoms with van der Waals surface area (Å²) < 4.78 is 10.4. The molecule has 0 saturated carbocycles. The van der Waals surface area contributed by atoms with Crippen molar-refractivity contribution in [3.8, 4) is 0 Å². The fourth-order valence-electron chi connectivity index (χ4n) is 2.93. The van der Waals surface area contributed by atoms with Gasteiger partial charge in [0.2, 0.25) is 5.91 Å². The van der Waals surface area contributed by atoms with Crippen LogP contribution < -0.4 is 5.32 Å². The van der Waals surface area contributed by atoms with Crippen LogP contribution in [0.1, 0.15) is 23.0 Å². The number of nitrogens with one attached hydrogen (secondary N) is 2. The summed E-state index contributed by atoms with van der Waals surface area (Å²) >= 11 is 0. The predicted molar refractivity (Wildman–Crippen MR) is 94.9 cm³/mol. The van der Waals surface area contributed by atoms with Crippen LogP contribution in [0.25, 0.3) is 10.9 Å². The van der Waals surface area contributed by atoms with Crippen molar-refractivity contribution in [3.63, 3.8) is 0 Å². The molecule has 1 aliphatic rings. The molecule has 1 aliphatic heterocycles. The highest BCUT2D eigenvalue weighted by molar-refractivity contribution is 6.11. The SMILES string of the molecule is CCOC(=O)c1[nH]c2ccc(C)cc2c1NC(=O)CN1CCOCC1. The number of anilines is 1. The Bertz CT molecular complexity index is 778. The summed E-state index contributed by atoms with van der Waals surface area (Å²) in [5.41, 5.74) is 2.59. The lowest BCUT2D eigenvalue weighted by Gasteiger charge is -2.25. The summed E-state index contributed by atoms with van der Waals surface area (Å²) in [7, 11) is 0. The van der Waals surface area contributed by atoms with Gasteiger partial charge in [-0.3, -0.25) is 9.69 Å². The molecule has 0 spiro atoms. The fraction of sp³-hybridized carbons (Fsp3) is 0.444. The van der Waals surface area contributed by atoms with Crippen LogP contribution in [-0.4, -0.2) is 61.2 Å². The van der Waals surface area contributed by atoms with E-state index in [-0.39, 0.29) is 24.8 Å². The number of amides is 1. The van der Waals surface area contributed by atoms with Crippen LogP contribution in [0.4, 0.5) is 5.69 Å². The Kier molecular flexibility index (Phi) is 5.35. The number of H-pyrrole nitrogens is 1. The lowest BCUT2D eigenvalue weighted by atomic mass is 10.1. The molecule has 7 heteroatoms. The van der Waals surface area contributed by atoms with Gasteiger partial charge in [-0.25, -0.2) is 4.79 Å². The zero-order chi connectivity index (χ0) is 17.8. The standard InChI is InChI=1S/C18H23N3O4/c1-3-25-18(23)17-16(13-10-12(2)4-5-14(13)19-17)20-15(22)11-21-6-8-24-9-7-21/h4-5,10,19H,3,6-9,11H2,1-2H3,(H,20,22). The van der Waals surface area contributed by atoms with Crippen LogP contribution in [0.3, 0.4) is 0 Å². The van der Waals surface area contributed by atoms with E-state index in [2.05, 4.69) is 10.3 Å². The first-order valence-corrected chi connectivity index (χ1v) is 8.48. The molecule has 1 aromatic carbocycles. The van der Waals surface area contributed by atoms with Gasteiger partial charge in [0.25, 0.3) is 0 Å². The molecule has 2 heterocycles. The number of aryl methyl sites for hydroxylation is 1. The molecule has 0 atom stereocenters. The van der Waals surface area contributed by atoms with Crippen molar-refractivity contribution in [2.75, 3.05) is 44.8 Å². The molecule has 1 fully saturated rings. The molecule has 1 amide bonds. The molecular formula is C18H23N3O4. The van der Waals surface area contributed by atoms with Crippen molar-refractivity contribution in [1.82, 2.24) is 9.88 Å². The van der Waals surface area contributed by atoms with E-state index in [1.165, 1.54) is 0 Å². The Labute approximate surface area is 146 Å². The predicted octanol–water partition coefficient (Wildman–Crippen LogP) is 1.92. The molecule has 134 valence electrons. The highest BCUT2D eigenvalue weighted by atomic mass is 16.5. The number of benzene rings is 1. The van der Waals surface area contributed by atoms with Gasteiger partial charge < -0.3 is 19.8 Å². The summed E-state index contributed by atoms with van der Waals surface area (Å²) in [4.78, 5) is 29.8. The van der Waals surface area contributed by atoms with Crippen molar-refractivity contribution in [3.05, 3.63) is 29.5 Å². The second-order valence-electron chi connectivity index (χ2n) is 6.08. The van der Waals surface area contributed by atoms with Gasteiger partial charge in [0, 0.05) is 24.0 Å². The minimum atomic E-state index is -0.474. The van der Waals surface area contributed by atoms with Crippen molar-refractivity contribution < 1.29 is 19.1 Å². The number of carbonyl (C=O) groups is 2. The number of aromatic amines is 1. The van der Waals surface area contributed by atoms with Crippen molar-refractivity contribution >= 4 is 28.5 Å². The number of aromatic nitrogens is 1. The van der Waals surface area contributed by atoms with Gasteiger partial charge in [-0.2, -0.15) is 0 Å². The zero-order valence-electron chi connectivity index (χ0n) is 14.6. The monoisotopic (exact) mass is 345 g/mol. The van der Waals surface area contributed by atoms with Crippen LogP contribution in [0.5, 0.6) is 0 Å². The molecule has 0 aliphatic carbocycles. The molecule has 2 aromatic rings. The smallest absolute Gasteiger partial charge is 0.356 e. The van der Waals surface area contributed by atoms with Crippen LogP contribution in [0, 0.1) is 6.92 Å².